The molecule has 3 rings (SSSR count). The first-order chi connectivity index (χ1) is 11.2. The molecule has 1 heterocycles. The van der Waals surface area contributed by atoms with Crippen molar-refractivity contribution in [2.45, 2.75) is 24.7 Å². The quantitative estimate of drug-likeness (QED) is 0.821. The van der Waals surface area contributed by atoms with Gasteiger partial charge in [0, 0.05) is 24.9 Å². The van der Waals surface area contributed by atoms with E-state index in [1.165, 1.54) is 16.9 Å². The molecule has 5 heteroatoms. The third-order valence-electron chi connectivity index (χ3n) is 4.25. The maximum atomic E-state index is 12.0. The predicted octanol–water partition coefficient (Wildman–Crippen LogP) is 2.72. The van der Waals surface area contributed by atoms with E-state index in [1.807, 2.05) is 29.6 Å². The smallest absolute Gasteiger partial charge is 0.261 e. The second-order valence-corrected chi connectivity index (χ2v) is 6.85. The minimum atomic E-state index is -0.115. The van der Waals surface area contributed by atoms with Gasteiger partial charge in [0.1, 0.15) is 0 Å². The molecule has 0 saturated heterocycles. The SMILES string of the molecule is O=C(CCNC(=O)c1cccs1)NCC1(c2ccccc2)CC1. The minimum Gasteiger partial charge on any atom is -0.355 e. The number of carbonyl (C=O) groups excluding carboxylic acids is 2. The maximum absolute atomic E-state index is 12.0. The van der Waals surface area contributed by atoms with Crippen molar-refractivity contribution in [1.29, 1.82) is 0 Å². The summed E-state index contributed by atoms with van der Waals surface area (Å²) in [5, 5.41) is 7.64. The van der Waals surface area contributed by atoms with Crippen LogP contribution in [-0.2, 0) is 10.2 Å². The van der Waals surface area contributed by atoms with Gasteiger partial charge >= 0.3 is 0 Å². The standard InChI is InChI=1S/C18H20N2O2S/c21-16(8-11-19-17(22)15-7-4-12-23-15)20-13-18(9-10-18)14-5-2-1-3-6-14/h1-7,12H,8-11,13H2,(H,19,22)(H,20,21). The molecule has 0 bridgehead atoms. The van der Waals surface area contributed by atoms with Crippen molar-refractivity contribution in [3.05, 3.63) is 58.3 Å². The van der Waals surface area contributed by atoms with Crippen molar-refractivity contribution in [1.82, 2.24) is 10.6 Å². The number of nitrogens with one attached hydrogen (secondary N) is 2. The molecule has 1 aromatic heterocycles. The van der Waals surface area contributed by atoms with E-state index >= 15 is 0 Å². The Labute approximate surface area is 139 Å². The monoisotopic (exact) mass is 328 g/mol. The highest BCUT2D eigenvalue weighted by molar-refractivity contribution is 7.12. The molecule has 0 atom stereocenters. The molecule has 2 N–H and O–H groups in total. The second-order valence-electron chi connectivity index (χ2n) is 5.91. The molecular formula is C18H20N2O2S. The Morgan fingerprint density at radius 1 is 1.04 bits per heavy atom. The Balaban J connectivity index is 1.40. The summed E-state index contributed by atoms with van der Waals surface area (Å²) in [7, 11) is 0. The van der Waals surface area contributed by atoms with Crippen LogP contribution in [0.4, 0.5) is 0 Å². The van der Waals surface area contributed by atoms with E-state index in [0.717, 1.165) is 12.8 Å². The number of amides is 2. The molecule has 4 nitrogen and oxygen atoms in total. The van der Waals surface area contributed by atoms with Crippen LogP contribution in [0.1, 0.15) is 34.5 Å². The van der Waals surface area contributed by atoms with Gasteiger partial charge in [-0.3, -0.25) is 9.59 Å². The summed E-state index contributed by atoms with van der Waals surface area (Å²) in [6.07, 6.45) is 2.54. The normalized spacial score (nSPS) is 15.0. The summed E-state index contributed by atoms with van der Waals surface area (Å²) < 4.78 is 0. The number of hydrogen-bond acceptors (Lipinski definition) is 3. The molecule has 1 aliphatic rings. The third kappa shape index (κ3) is 3.99. The fourth-order valence-corrected chi connectivity index (χ4v) is 3.29. The largest absolute Gasteiger partial charge is 0.355 e. The summed E-state index contributed by atoms with van der Waals surface area (Å²) in [4.78, 5) is 24.4. The summed E-state index contributed by atoms with van der Waals surface area (Å²) in [6.45, 7) is 1.04. The topological polar surface area (TPSA) is 58.2 Å². The molecule has 1 saturated carbocycles. The van der Waals surface area contributed by atoms with Gasteiger partial charge in [0.15, 0.2) is 0 Å². The summed E-state index contributed by atoms with van der Waals surface area (Å²) in [5.41, 5.74) is 1.42. The van der Waals surface area contributed by atoms with Gasteiger partial charge in [0.2, 0.25) is 5.91 Å². The Morgan fingerprint density at radius 2 is 1.83 bits per heavy atom. The molecule has 23 heavy (non-hydrogen) atoms. The van der Waals surface area contributed by atoms with Crippen LogP contribution in [0.5, 0.6) is 0 Å². The van der Waals surface area contributed by atoms with Gasteiger partial charge in [-0.15, -0.1) is 11.3 Å². The van der Waals surface area contributed by atoms with Crippen LogP contribution in [0.25, 0.3) is 0 Å². The fraction of sp³-hybridized carbons (Fsp3) is 0.333. The Morgan fingerprint density at radius 3 is 2.48 bits per heavy atom. The van der Waals surface area contributed by atoms with Crippen LogP contribution in [-0.4, -0.2) is 24.9 Å². The molecule has 1 aliphatic carbocycles. The van der Waals surface area contributed by atoms with E-state index in [1.54, 1.807) is 6.07 Å². The first kappa shape index (κ1) is 15.7. The number of thiophene rings is 1. The van der Waals surface area contributed by atoms with Gasteiger partial charge in [-0.1, -0.05) is 36.4 Å². The van der Waals surface area contributed by atoms with Crippen molar-refractivity contribution in [3.8, 4) is 0 Å². The van der Waals surface area contributed by atoms with Crippen LogP contribution in [0, 0.1) is 0 Å². The summed E-state index contributed by atoms with van der Waals surface area (Å²) in [5.74, 6) is -0.130. The second kappa shape index (κ2) is 6.96. The molecule has 2 aromatic rings. The van der Waals surface area contributed by atoms with Gasteiger partial charge < -0.3 is 10.6 Å². The van der Waals surface area contributed by atoms with Gasteiger partial charge in [0.25, 0.3) is 5.91 Å². The summed E-state index contributed by atoms with van der Waals surface area (Å²) >= 11 is 1.40. The molecule has 0 aliphatic heterocycles. The minimum absolute atomic E-state index is 0.0151. The van der Waals surface area contributed by atoms with Crippen LogP contribution in [0.2, 0.25) is 0 Å². The maximum Gasteiger partial charge on any atom is 0.261 e. The van der Waals surface area contributed by atoms with Crippen LogP contribution in [0.3, 0.4) is 0 Å². The molecule has 1 fully saturated rings. The van der Waals surface area contributed by atoms with E-state index in [4.69, 9.17) is 0 Å². The van der Waals surface area contributed by atoms with Crippen molar-refractivity contribution >= 4 is 23.2 Å². The molecule has 0 radical (unpaired) electrons. The summed E-state index contributed by atoms with van der Waals surface area (Å²) in [6, 6.07) is 14.0. The zero-order valence-electron chi connectivity index (χ0n) is 12.9. The van der Waals surface area contributed by atoms with E-state index in [2.05, 4.69) is 22.8 Å². The highest BCUT2D eigenvalue weighted by Gasteiger charge is 2.44. The number of rotatable bonds is 7. The van der Waals surface area contributed by atoms with Crippen molar-refractivity contribution in [2.24, 2.45) is 0 Å². The molecule has 1 aromatic carbocycles. The zero-order valence-corrected chi connectivity index (χ0v) is 13.7. The molecule has 0 spiro atoms. The van der Waals surface area contributed by atoms with Gasteiger partial charge in [-0.05, 0) is 29.9 Å². The average Bonchev–Trinajstić information content (AvgIpc) is 3.17. The highest BCUT2D eigenvalue weighted by atomic mass is 32.1. The van der Waals surface area contributed by atoms with Crippen molar-refractivity contribution in [2.75, 3.05) is 13.1 Å². The average molecular weight is 328 g/mol. The number of carbonyl (C=O) groups is 2. The first-order valence-electron chi connectivity index (χ1n) is 7.84. The molecular weight excluding hydrogens is 308 g/mol. The Kier molecular flexibility index (Phi) is 4.76. The van der Waals surface area contributed by atoms with E-state index in [0.29, 0.717) is 24.4 Å². The van der Waals surface area contributed by atoms with Gasteiger partial charge in [-0.2, -0.15) is 0 Å². The number of benzene rings is 1. The lowest BCUT2D eigenvalue weighted by atomic mass is 9.96. The zero-order chi connectivity index (χ0) is 16.1. The van der Waals surface area contributed by atoms with Crippen LogP contribution >= 0.6 is 11.3 Å². The van der Waals surface area contributed by atoms with Crippen molar-refractivity contribution < 1.29 is 9.59 Å². The van der Waals surface area contributed by atoms with Crippen molar-refractivity contribution in [3.63, 3.8) is 0 Å². The lowest BCUT2D eigenvalue weighted by Crippen LogP contribution is -2.35. The Hall–Kier alpha value is -2.14. The van der Waals surface area contributed by atoms with E-state index in [-0.39, 0.29) is 17.2 Å². The van der Waals surface area contributed by atoms with Crippen LogP contribution in [0.15, 0.2) is 47.8 Å². The van der Waals surface area contributed by atoms with Gasteiger partial charge in [-0.25, -0.2) is 0 Å². The molecule has 0 unspecified atom stereocenters. The van der Waals surface area contributed by atoms with E-state index < -0.39 is 0 Å². The van der Waals surface area contributed by atoms with Gasteiger partial charge in [0.05, 0.1) is 4.88 Å². The molecule has 120 valence electrons. The predicted molar refractivity (Wildman–Crippen MR) is 91.6 cm³/mol. The van der Waals surface area contributed by atoms with Crippen LogP contribution < -0.4 is 10.6 Å². The first-order valence-corrected chi connectivity index (χ1v) is 8.72. The number of hydrogen-bond donors (Lipinski definition) is 2. The lowest BCUT2D eigenvalue weighted by Gasteiger charge is -2.16. The Bertz CT molecular complexity index is 664. The highest BCUT2D eigenvalue weighted by Crippen LogP contribution is 2.47. The fourth-order valence-electron chi connectivity index (χ4n) is 2.65. The third-order valence-corrected chi connectivity index (χ3v) is 5.11. The lowest BCUT2D eigenvalue weighted by molar-refractivity contribution is -0.121. The van der Waals surface area contributed by atoms with E-state index in [9.17, 15) is 9.59 Å². The molecule has 2 amide bonds.